The summed E-state index contributed by atoms with van der Waals surface area (Å²) < 4.78 is 0. The Morgan fingerprint density at radius 2 is 1.35 bits per heavy atom. The summed E-state index contributed by atoms with van der Waals surface area (Å²) in [4.78, 5) is 39.7. The van der Waals surface area contributed by atoms with Gasteiger partial charge in [-0.05, 0) is 44.5 Å². The van der Waals surface area contributed by atoms with Gasteiger partial charge < -0.3 is 10.7 Å². The number of nitrogen functional groups attached to an aromatic ring is 1. The van der Waals surface area contributed by atoms with Crippen molar-refractivity contribution in [1.29, 1.82) is 0 Å². The lowest BCUT2D eigenvalue weighted by atomic mass is 10.2. The molecule has 0 radical (unpaired) electrons. The number of rotatable bonds is 2. The molecule has 0 saturated carbocycles. The lowest BCUT2D eigenvalue weighted by Gasteiger charge is -1.97. The van der Waals surface area contributed by atoms with Crippen molar-refractivity contribution in [3.63, 3.8) is 0 Å². The van der Waals surface area contributed by atoms with E-state index in [0.717, 1.165) is 5.56 Å². The van der Waals surface area contributed by atoms with Crippen molar-refractivity contribution in [2.75, 3.05) is 5.73 Å². The monoisotopic (exact) mass is 468 g/mol. The molecule has 0 atom stereocenters. The molecule has 0 bridgehead atoms. The number of aryl methyl sites for hydroxylation is 3. The van der Waals surface area contributed by atoms with Crippen LogP contribution in [0, 0.1) is 41.0 Å². The maximum absolute atomic E-state index is 10.8. The summed E-state index contributed by atoms with van der Waals surface area (Å²) in [6.45, 7) is 5.03. The Hall–Kier alpha value is -3.57. The van der Waals surface area contributed by atoms with E-state index < -0.39 is 15.4 Å². The van der Waals surface area contributed by atoms with Gasteiger partial charge in [0.05, 0.1) is 15.5 Å². The molecule has 3 N–H and O–H groups in total. The van der Waals surface area contributed by atoms with Crippen molar-refractivity contribution in [1.82, 2.24) is 15.0 Å². The molecular weight excluding hydrogens is 451 g/mol. The van der Waals surface area contributed by atoms with Crippen molar-refractivity contribution < 1.29 is 9.85 Å². The Morgan fingerprint density at radius 1 is 0.871 bits per heavy atom. The molecule has 11 nitrogen and oxygen atoms in total. The van der Waals surface area contributed by atoms with Crippen molar-refractivity contribution in [2.24, 2.45) is 0 Å². The van der Waals surface area contributed by atoms with Gasteiger partial charge in [0.1, 0.15) is 0 Å². The minimum atomic E-state index is -0.686. The second-order valence-corrected chi connectivity index (χ2v) is 6.67. The highest BCUT2D eigenvalue weighted by atomic mass is 35.5. The first-order valence-corrected chi connectivity index (χ1v) is 9.17. The van der Waals surface area contributed by atoms with Gasteiger partial charge in [-0.1, -0.05) is 23.2 Å². The Morgan fingerprint density at radius 3 is 1.71 bits per heavy atom. The Labute approximate surface area is 186 Å². The molecule has 3 aromatic heterocycles. The van der Waals surface area contributed by atoms with Crippen molar-refractivity contribution in [2.45, 2.75) is 20.8 Å². The van der Waals surface area contributed by atoms with Crippen molar-refractivity contribution in [3.05, 3.63) is 94.4 Å². The predicted octanol–water partition coefficient (Wildman–Crippen LogP) is 4.17. The summed E-state index contributed by atoms with van der Waals surface area (Å²) in [6.07, 6.45) is 4.45. The minimum Gasteiger partial charge on any atom is -0.396 e. The number of nitro groups is 2. The average Bonchev–Trinajstić information content (AvgIpc) is 2.66. The fourth-order valence-corrected chi connectivity index (χ4v) is 2.55. The van der Waals surface area contributed by atoms with Crippen LogP contribution in [0.15, 0.2) is 41.6 Å². The zero-order valence-electron chi connectivity index (χ0n) is 16.6. The molecule has 0 amide bonds. The van der Waals surface area contributed by atoms with E-state index in [1.807, 2.05) is 13.0 Å². The first-order valence-electron chi connectivity index (χ1n) is 8.42. The van der Waals surface area contributed by atoms with Crippen LogP contribution in [-0.4, -0.2) is 24.8 Å². The van der Waals surface area contributed by atoms with Gasteiger partial charge in [0.2, 0.25) is 5.15 Å². The van der Waals surface area contributed by atoms with E-state index >= 15 is 0 Å². The highest BCUT2D eigenvalue weighted by Crippen LogP contribution is 2.24. The molecule has 3 rings (SSSR count). The normalized spacial score (nSPS) is 9.58. The molecular formula is C18H18Cl2N6O5. The molecule has 0 aliphatic carbocycles. The van der Waals surface area contributed by atoms with Gasteiger partial charge in [0.15, 0.2) is 5.15 Å². The number of nitrogens with one attached hydrogen (secondary N) is 1. The predicted molar refractivity (Wildman–Crippen MR) is 117 cm³/mol. The van der Waals surface area contributed by atoms with Crippen LogP contribution < -0.4 is 11.3 Å². The molecule has 0 saturated heterocycles. The third kappa shape index (κ3) is 7.32. The number of hydrogen-bond donors (Lipinski definition) is 2. The van der Waals surface area contributed by atoms with Crippen LogP contribution in [0.2, 0.25) is 10.3 Å². The smallest absolute Gasteiger partial charge is 0.336 e. The number of anilines is 1. The highest BCUT2D eigenvalue weighted by Gasteiger charge is 2.15. The topological polar surface area (TPSA) is 171 Å². The molecule has 0 aromatic carbocycles. The number of pyridine rings is 3. The quantitative estimate of drug-likeness (QED) is 0.320. The number of aromatic nitrogens is 3. The Kier molecular flexibility index (Phi) is 9.51. The van der Waals surface area contributed by atoms with Gasteiger partial charge in [-0.2, -0.15) is 0 Å². The number of hydrogen-bond acceptors (Lipinski definition) is 8. The summed E-state index contributed by atoms with van der Waals surface area (Å²) in [6, 6.07) is 4.85. The largest absolute Gasteiger partial charge is 0.396 e. The molecule has 31 heavy (non-hydrogen) atoms. The van der Waals surface area contributed by atoms with Crippen LogP contribution in [0.3, 0.4) is 0 Å². The third-order valence-corrected chi connectivity index (χ3v) is 4.32. The van der Waals surface area contributed by atoms with Gasteiger partial charge in [-0.3, -0.25) is 25.0 Å². The second-order valence-electron chi connectivity index (χ2n) is 5.95. The third-order valence-electron chi connectivity index (χ3n) is 3.74. The van der Waals surface area contributed by atoms with Crippen LogP contribution in [0.5, 0.6) is 0 Å². The summed E-state index contributed by atoms with van der Waals surface area (Å²) >= 11 is 11.0. The molecule has 0 aliphatic rings. The zero-order valence-corrected chi connectivity index (χ0v) is 18.1. The Bertz CT molecular complexity index is 1110. The SMILES string of the molecule is Cc1cc[nH]c(=O)c1[N+](=O)[O-].Cc1ccnc(Cl)c1N.Cc1ccnc(Cl)c1[N+](=O)[O-]. The number of aromatic amines is 1. The van der Waals surface area contributed by atoms with Crippen molar-refractivity contribution in [3.8, 4) is 0 Å². The van der Waals surface area contributed by atoms with E-state index in [1.54, 1.807) is 19.2 Å². The van der Waals surface area contributed by atoms with Gasteiger partial charge in [0.25, 0.3) is 0 Å². The van der Waals surface area contributed by atoms with E-state index in [-0.39, 0.29) is 16.5 Å². The average molecular weight is 469 g/mol. The molecule has 0 aliphatic heterocycles. The lowest BCUT2D eigenvalue weighted by molar-refractivity contribution is -0.386. The maximum Gasteiger partial charge on any atom is 0.336 e. The van der Waals surface area contributed by atoms with Gasteiger partial charge >= 0.3 is 16.9 Å². The Balaban J connectivity index is 0.000000234. The number of nitrogens with two attached hydrogens (primary N) is 1. The van der Waals surface area contributed by atoms with Gasteiger partial charge in [-0.25, -0.2) is 9.97 Å². The van der Waals surface area contributed by atoms with Crippen LogP contribution in [-0.2, 0) is 0 Å². The lowest BCUT2D eigenvalue weighted by Crippen LogP contribution is -2.11. The van der Waals surface area contributed by atoms with E-state index in [2.05, 4.69) is 15.0 Å². The van der Waals surface area contributed by atoms with Gasteiger partial charge in [0, 0.05) is 29.7 Å². The summed E-state index contributed by atoms with van der Waals surface area (Å²) in [5, 5.41) is 20.9. The van der Waals surface area contributed by atoms with E-state index in [1.165, 1.54) is 25.4 Å². The molecule has 13 heteroatoms. The number of nitrogens with zero attached hydrogens (tertiary/aromatic N) is 4. The molecule has 0 unspecified atom stereocenters. The standard InChI is InChI=1S/C6H5ClN2O2.C6H7ClN2.C6H6N2O3/c1-4-2-3-8-6(7)5(4)9(10)11;1-4-2-3-9-6(7)5(4)8;1-4-2-3-7-6(9)5(4)8(10)11/h2-3H,1H3;2-3H,8H2,1H3;2-3H,1H3,(H,7,9). The van der Waals surface area contributed by atoms with Crippen LogP contribution in [0.4, 0.5) is 17.1 Å². The van der Waals surface area contributed by atoms with E-state index in [4.69, 9.17) is 28.9 Å². The van der Waals surface area contributed by atoms with E-state index in [0.29, 0.717) is 22.0 Å². The van der Waals surface area contributed by atoms with Crippen LogP contribution in [0.1, 0.15) is 16.7 Å². The number of H-pyrrole nitrogens is 1. The van der Waals surface area contributed by atoms with E-state index in [9.17, 15) is 25.0 Å². The summed E-state index contributed by atoms with van der Waals surface area (Å²) in [7, 11) is 0. The van der Waals surface area contributed by atoms with Gasteiger partial charge in [-0.15, -0.1) is 0 Å². The molecule has 0 fully saturated rings. The molecule has 3 aromatic rings. The maximum atomic E-state index is 10.8. The summed E-state index contributed by atoms with van der Waals surface area (Å²) in [5.41, 5.74) is 6.76. The van der Waals surface area contributed by atoms with Crippen LogP contribution in [0.25, 0.3) is 0 Å². The minimum absolute atomic E-state index is 0.0602. The zero-order chi connectivity index (χ0) is 23.7. The summed E-state index contributed by atoms with van der Waals surface area (Å²) in [5.74, 6) is 0. The fourth-order valence-electron chi connectivity index (χ4n) is 2.07. The van der Waals surface area contributed by atoms with Crippen molar-refractivity contribution >= 4 is 40.3 Å². The molecule has 164 valence electrons. The number of halogens is 2. The molecule has 3 heterocycles. The first kappa shape index (κ1) is 25.5. The first-order chi connectivity index (χ1) is 14.5. The van der Waals surface area contributed by atoms with Crippen LogP contribution >= 0.6 is 23.2 Å². The fraction of sp³-hybridized carbons (Fsp3) is 0.167. The second kappa shape index (κ2) is 11.6. The highest BCUT2D eigenvalue weighted by molar-refractivity contribution is 6.32. The molecule has 0 spiro atoms.